The molecule has 0 bridgehead atoms. The fourth-order valence-corrected chi connectivity index (χ4v) is 4.67. The third-order valence-electron chi connectivity index (χ3n) is 6.86. The van der Waals surface area contributed by atoms with Crippen LogP contribution < -0.4 is 9.80 Å². The molecule has 4 heterocycles. The average molecular weight is 444 g/mol. The average Bonchev–Trinajstić information content (AvgIpc) is 2.86. The fraction of sp³-hybridized carbons (Fsp3) is 0.462. The van der Waals surface area contributed by atoms with Crippen molar-refractivity contribution in [1.29, 1.82) is 0 Å². The van der Waals surface area contributed by atoms with Crippen LogP contribution in [0.15, 0.2) is 48.8 Å². The molecule has 7 nitrogen and oxygen atoms in total. The summed E-state index contributed by atoms with van der Waals surface area (Å²) in [5.41, 5.74) is 4.21. The van der Waals surface area contributed by atoms with Crippen LogP contribution in [-0.2, 0) is 6.54 Å². The Morgan fingerprint density at radius 2 is 1.52 bits per heavy atom. The number of hydrogen-bond donors (Lipinski definition) is 0. The molecular formula is C26H33N7. The van der Waals surface area contributed by atoms with Crippen LogP contribution in [0.25, 0.3) is 11.3 Å². The smallest absolute Gasteiger partial charge is 0.225 e. The van der Waals surface area contributed by atoms with Gasteiger partial charge in [-0.2, -0.15) is 0 Å². The number of piperazine rings is 1. The van der Waals surface area contributed by atoms with Gasteiger partial charge in [-0.15, -0.1) is 0 Å². The predicted molar refractivity (Wildman–Crippen MR) is 132 cm³/mol. The standard InChI is InChI=1S/C26H33N7/c1-20-9-12-32(13-10-20)25-27-11-8-24(30-25)23-18-28-26(29-21(23)2)33-16-14-31(15-17-33)19-22-6-4-3-5-7-22/h3-8,11,18,20H,9-10,12-17,19H2,1-2H3. The van der Waals surface area contributed by atoms with E-state index in [1.54, 1.807) is 0 Å². The molecular weight excluding hydrogens is 410 g/mol. The van der Waals surface area contributed by atoms with Crippen LogP contribution in [0.2, 0.25) is 0 Å². The molecule has 0 N–H and O–H groups in total. The zero-order valence-corrected chi connectivity index (χ0v) is 19.7. The van der Waals surface area contributed by atoms with Crippen LogP contribution >= 0.6 is 0 Å². The fourth-order valence-electron chi connectivity index (χ4n) is 4.67. The van der Waals surface area contributed by atoms with E-state index in [9.17, 15) is 0 Å². The largest absolute Gasteiger partial charge is 0.341 e. The second kappa shape index (κ2) is 9.83. The molecule has 3 aromatic rings. The van der Waals surface area contributed by atoms with E-state index in [4.69, 9.17) is 15.0 Å². The topological polar surface area (TPSA) is 61.3 Å². The van der Waals surface area contributed by atoms with E-state index in [2.05, 4.69) is 63.9 Å². The summed E-state index contributed by atoms with van der Waals surface area (Å²) in [6, 6.07) is 12.6. The predicted octanol–water partition coefficient (Wildman–Crippen LogP) is 3.80. The molecule has 0 saturated carbocycles. The minimum atomic E-state index is 0.785. The molecule has 0 atom stereocenters. The van der Waals surface area contributed by atoms with E-state index in [-0.39, 0.29) is 0 Å². The third kappa shape index (κ3) is 5.14. The molecule has 2 aliphatic heterocycles. The highest BCUT2D eigenvalue weighted by Gasteiger charge is 2.21. The van der Waals surface area contributed by atoms with Crippen LogP contribution in [-0.4, -0.2) is 64.1 Å². The molecule has 2 saturated heterocycles. The Hall–Kier alpha value is -3.06. The summed E-state index contributed by atoms with van der Waals surface area (Å²) in [5, 5.41) is 0. The van der Waals surface area contributed by atoms with Gasteiger partial charge in [0.15, 0.2) is 0 Å². The van der Waals surface area contributed by atoms with E-state index in [1.165, 1.54) is 18.4 Å². The van der Waals surface area contributed by atoms with E-state index >= 15 is 0 Å². The summed E-state index contributed by atoms with van der Waals surface area (Å²) in [6.07, 6.45) is 6.18. The summed E-state index contributed by atoms with van der Waals surface area (Å²) in [6.45, 7) is 11.3. The lowest BCUT2D eigenvalue weighted by molar-refractivity contribution is 0.248. The number of piperidine rings is 1. The second-order valence-electron chi connectivity index (χ2n) is 9.33. The Balaban J connectivity index is 1.24. The Morgan fingerprint density at radius 3 is 2.24 bits per heavy atom. The van der Waals surface area contributed by atoms with Gasteiger partial charge in [0.1, 0.15) is 0 Å². The van der Waals surface area contributed by atoms with Crippen LogP contribution in [0.3, 0.4) is 0 Å². The first-order valence-corrected chi connectivity index (χ1v) is 12.1. The van der Waals surface area contributed by atoms with Gasteiger partial charge < -0.3 is 9.80 Å². The number of anilines is 2. The molecule has 0 aliphatic carbocycles. The summed E-state index contributed by atoms with van der Waals surface area (Å²) in [7, 11) is 0. The second-order valence-corrected chi connectivity index (χ2v) is 9.33. The summed E-state index contributed by atoms with van der Waals surface area (Å²) in [5.74, 6) is 2.42. The number of nitrogens with zero attached hydrogens (tertiary/aromatic N) is 7. The van der Waals surface area contributed by atoms with Crippen molar-refractivity contribution in [3.63, 3.8) is 0 Å². The Bertz CT molecular complexity index is 1060. The lowest BCUT2D eigenvalue weighted by Crippen LogP contribution is -2.46. The Kier molecular flexibility index (Phi) is 6.48. The van der Waals surface area contributed by atoms with Gasteiger partial charge in [0.2, 0.25) is 11.9 Å². The molecule has 2 fully saturated rings. The number of aryl methyl sites for hydroxylation is 1. The molecule has 5 rings (SSSR count). The molecule has 1 aromatic carbocycles. The maximum atomic E-state index is 4.86. The van der Waals surface area contributed by atoms with Crippen molar-refractivity contribution in [3.05, 3.63) is 60.0 Å². The monoisotopic (exact) mass is 443 g/mol. The van der Waals surface area contributed by atoms with Crippen LogP contribution in [0, 0.1) is 12.8 Å². The van der Waals surface area contributed by atoms with Gasteiger partial charge in [0.25, 0.3) is 0 Å². The summed E-state index contributed by atoms with van der Waals surface area (Å²) < 4.78 is 0. The van der Waals surface area contributed by atoms with Crippen molar-refractivity contribution in [2.75, 3.05) is 49.1 Å². The number of hydrogen-bond acceptors (Lipinski definition) is 7. The normalized spacial score (nSPS) is 18.0. The first-order valence-electron chi connectivity index (χ1n) is 12.1. The minimum absolute atomic E-state index is 0.785. The highest BCUT2D eigenvalue weighted by atomic mass is 15.3. The van der Waals surface area contributed by atoms with E-state index in [0.717, 1.165) is 80.6 Å². The maximum Gasteiger partial charge on any atom is 0.225 e. The van der Waals surface area contributed by atoms with Crippen LogP contribution in [0.4, 0.5) is 11.9 Å². The molecule has 2 aromatic heterocycles. The molecule has 0 radical (unpaired) electrons. The van der Waals surface area contributed by atoms with Crippen LogP contribution in [0.5, 0.6) is 0 Å². The number of rotatable bonds is 5. The molecule has 0 unspecified atom stereocenters. The lowest BCUT2D eigenvalue weighted by atomic mass is 10.00. The van der Waals surface area contributed by atoms with Gasteiger partial charge in [0.05, 0.1) is 11.4 Å². The van der Waals surface area contributed by atoms with Crippen molar-refractivity contribution in [1.82, 2.24) is 24.8 Å². The first kappa shape index (κ1) is 21.8. The maximum absolute atomic E-state index is 4.86. The molecule has 0 amide bonds. The highest BCUT2D eigenvalue weighted by Crippen LogP contribution is 2.25. The van der Waals surface area contributed by atoms with Crippen molar-refractivity contribution in [2.45, 2.75) is 33.2 Å². The zero-order valence-electron chi connectivity index (χ0n) is 19.7. The molecule has 7 heteroatoms. The first-order chi connectivity index (χ1) is 16.2. The quantitative estimate of drug-likeness (QED) is 0.594. The van der Waals surface area contributed by atoms with Crippen molar-refractivity contribution < 1.29 is 0 Å². The van der Waals surface area contributed by atoms with Crippen molar-refractivity contribution in [2.24, 2.45) is 5.92 Å². The van der Waals surface area contributed by atoms with E-state index < -0.39 is 0 Å². The highest BCUT2D eigenvalue weighted by molar-refractivity contribution is 5.62. The van der Waals surface area contributed by atoms with Crippen molar-refractivity contribution >= 4 is 11.9 Å². The van der Waals surface area contributed by atoms with E-state index in [1.807, 2.05) is 18.5 Å². The SMILES string of the molecule is Cc1nc(N2CCN(Cc3ccccc3)CC2)ncc1-c1ccnc(N2CCC(C)CC2)n1. The Labute approximate surface area is 196 Å². The zero-order chi connectivity index (χ0) is 22.6. The molecule has 33 heavy (non-hydrogen) atoms. The van der Waals surface area contributed by atoms with Gasteiger partial charge in [-0.3, -0.25) is 4.90 Å². The van der Waals surface area contributed by atoms with Gasteiger partial charge in [-0.1, -0.05) is 37.3 Å². The lowest BCUT2D eigenvalue weighted by Gasteiger charge is -2.34. The Morgan fingerprint density at radius 1 is 0.818 bits per heavy atom. The van der Waals surface area contributed by atoms with Gasteiger partial charge in [-0.05, 0) is 37.3 Å². The molecule has 2 aliphatic rings. The number of benzene rings is 1. The van der Waals surface area contributed by atoms with Crippen molar-refractivity contribution in [3.8, 4) is 11.3 Å². The molecule has 172 valence electrons. The van der Waals surface area contributed by atoms with Gasteiger partial charge in [-0.25, -0.2) is 19.9 Å². The minimum Gasteiger partial charge on any atom is -0.341 e. The van der Waals surface area contributed by atoms with Gasteiger partial charge in [0, 0.05) is 63.8 Å². The summed E-state index contributed by atoms with van der Waals surface area (Å²) in [4.78, 5) is 26.1. The van der Waals surface area contributed by atoms with Gasteiger partial charge >= 0.3 is 0 Å². The molecule has 0 spiro atoms. The summed E-state index contributed by atoms with van der Waals surface area (Å²) >= 11 is 0. The third-order valence-corrected chi connectivity index (χ3v) is 6.86. The van der Waals surface area contributed by atoms with Crippen LogP contribution in [0.1, 0.15) is 31.0 Å². The van der Waals surface area contributed by atoms with E-state index in [0.29, 0.717) is 0 Å². The number of aromatic nitrogens is 4.